The quantitative estimate of drug-likeness (QED) is 0.504. The van der Waals surface area contributed by atoms with E-state index < -0.39 is 18.0 Å². The second-order valence-electron chi connectivity index (χ2n) is 4.94. The summed E-state index contributed by atoms with van der Waals surface area (Å²) in [6.07, 6.45) is 1.62. The second kappa shape index (κ2) is 9.54. The Labute approximate surface area is 130 Å². The van der Waals surface area contributed by atoms with Crippen molar-refractivity contribution in [3.05, 3.63) is 0 Å². The Morgan fingerprint density at radius 3 is 2.62 bits per heavy atom. The minimum Gasteiger partial charge on any atom is -0.355 e. The Bertz CT molecular complexity index is 380. The molecule has 0 radical (unpaired) electrons. The van der Waals surface area contributed by atoms with Crippen LogP contribution in [0.15, 0.2) is 0 Å². The highest BCUT2D eigenvalue weighted by Gasteiger charge is 2.30. The van der Waals surface area contributed by atoms with Crippen LogP contribution >= 0.6 is 12.4 Å². The van der Waals surface area contributed by atoms with E-state index >= 15 is 0 Å². The van der Waals surface area contributed by atoms with E-state index in [2.05, 4.69) is 10.6 Å². The molecular weight excluding hydrogens is 298 g/mol. The smallest absolute Gasteiger partial charge is 0.318 e. The number of hydrogen-bond donors (Lipinski definition) is 4. The molecule has 6 N–H and O–H groups in total. The zero-order chi connectivity index (χ0) is 15.1. The van der Waals surface area contributed by atoms with Gasteiger partial charge in [0.25, 0.3) is 0 Å². The number of carbonyl (C=O) groups excluding carboxylic acids is 3. The van der Waals surface area contributed by atoms with Gasteiger partial charge in [0.05, 0.1) is 12.0 Å². The average molecular weight is 322 g/mol. The van der Waals surface area contributed by atoms with Crippen molar-refractivity contribution in [2.45, 2.75) is 25.8 Å². The molecule has 1 saturated heterocycles. The Kier molecular flexibility index (Phi) is 8.91. The van der Waals surface area contributed by atoms with E-state index in [0.29, 0.717) is 26.2 Å². The summed E-state index contributed by atoms with van der Waals surface area (Å²) in [7, 11) is 0. The van der Waals surface area contributed by atoms with Crippen LogP contribution in [0.3, 0.4) is 0 Å². The molecule has 8 nitrogen and oxygen atoms in total. The van der Waals surface area contributed by atoms with Gasteiger partial charge >= 0.3 is 6.03 Å². The number of nitrogens with one attached hydrogen (secondary N) is 2. The first kappa shape index (κ1) is 19.6. The number of hydrogen-bond acceptors (Lipinski definition) is 5. The van der Waals surface area contributed by atoms with Crippen molar-refractivity contribution in [1.82, 2.24) is 15.5 Å². The van der Waals surface area contributed by atoms with Gasteiger partial charge in [0.1, 0.15) is 0 Å². The molecule has 1 aliphatic rings. The summed E-state index contributed by atoms with van der Waals surface area (Å²) in [6, 6.07) is -1.36. The molecule has 1 rings (SSSR count). The molecule has 0 saturated carbocycles. The van der Waals surface area contributed by atoms with Gasteiger partial charge in [0.2, 0.25) is 11.8 Å². The van der Waals surface area contributed by atoms with Gasteiger partial charge in [-0.2, -0.15) is 0 Å². The van der Waals surface area contributed by atoms with Crippen LogP contribution in [0.25, 0.3) is 0 Å². The van der Waals surface area contributed by atoms with Crippen LogP contribution in [0.5, 0.6) is 0 Å². The molecule has 0 spiro atoms. The van der Waals surface area contributed by atoms with E-state index in [4.69, 9.17) is 11.5 Å². The fourth-order valence-electron chi connectivity index (χ4n) is 2.30. The number of carbonyl (C=O) groups is 3. The summed E-state index contributed by atoms with van der Waals surface area (Å²) < 4.78 is 0. The highest BCUT2D eigenvalue weighted by atomic mass is 35.5. The molecule has 0 bridgehead atoms. The van der Waals surface area contributed by atoms with Crippen LogP contribution in [-0.2, 0) is 9.59 Å². The van der Waals surface area contributed by atoms with Gasteiger partial charge in [-0.3, -0.25) is 19.8 Å². The largest absolute Gasteiger partial charge is 0.355 e. The number of urea groups is 1. The number of imide groups is 1. The van der Waals surface area contributed by atoms with E-state index in [1.54, 1.807) is 6.92 Å². The fourth-order valence-corrected chi connectivity index (χ4v) is 2.30. The Morgan fingerprint density at radius 2 is 2.05 bits per heavy atom. The Hall–Kier alpha value is -1.38. The third-order valence-electron chi connectivity index (χ3n) is 3.44. The number of piperidine rings is 1. The number of primary amides is 1. The average Bonchev–Trinajstić information content (AvgIpc) is 2.43. The molecule has 1 heterocycles. The standard InChI is InChI=1S/C12H23N5O3.ClH/c1-8(10(18)16-12(14)20)17-6-2-3-9(7-17)11(19)15-5-4-13;/h8-9H,2-7,13H2,1H3,(H,15,19)(H3,14,16,18,20);1H. The van der Waals surface area contributed by atoms with Gasteiger partial charge in [0.15, 0.2) is 0 Å². The number of rotatable bonds is 5. The van der Waals surface area contributed by atoms with E-state index in [1.807, 2.05) is 4.90 Å². The minimum absolute atomic E-state index is 0. The summed E-state index contributed by atoms with van der Waals surface area (Å²) in [4.78, 5) is 36.2. The molecule has 9 heteroatoms. The Balaban J connectivity index is 0.00000400. The maximum absolute atomic E-state index is 11.9. The summed E-state index contributed by atoms with van der Waals surface area (Å²) in [5.41, 5.74) is 10.3. The lowest BCUT2D eigenvalue weighted by Crippen LogP contribution is -2.53. The van der Waals surface area contributed by atoms with Crippen LogP contribution in [0, 0.1) is 5.92 Å². The van der Waals surface area contributed by atoms with Gasteiger partial charge in [0, 0.05) is 19.6 Å². The molecule has 21 heavy (non-hydrogen) atoms. The molecule has 1 fully saturated rings. The molecule has 0 aromatic rings. The zero-order valence-corrected chi connectivity index (χ0v) is 12.9. The summed E-state index contributed by atoms with van der Waals surface area (Å²) in [6.45, 7) is 3.75. The number of halogens is 1. The first-order valence-corrected chi connectivity index (χ1v) is 6.77. The molecule has 2 unspecified atom stereocenters. The van der Waals surface area contributed by atoms with Gasteiger partial charge in [-0.25, -0.2) is 4.79 Å². The topological polar surface area (TPSA) is 131 Å². The summed E-state index contributed by atoms with van der Waals surface area (Å²) >= 11 is 0. The molecule has 0 aromatic heterocycles. The van der Waals surface area contributed by atoms with E-state index in [9.17, 15) is 14.4 Å². The second-order valence-corrected chi connectivity index (χ2v) is 4.94. The van der Waals surface area contributed by atoms with E-state index in [1.165, 1.54) is 0 Å². The number of amides is 4. The van der Waals surface area contributed by atoms with Crippen LogP contribution < -0.4 is 22.1 Å². The maximum atomic E-state index is 11.9. The SMILES string of the molecule is CC(C(=O)NC(N)=O)N1CCCC(C(=O)NCCN)C1.Cl. The van der Waals surface area contributed by atoms with Crippen molar-refractivity contribution in [1.29, 1.82) is 0 Å². The third-order valence-corrected chi connectivity index (χ3v) is 3.44. The zero-order valence-electron chi connectivity index (χ0n) is 12.1. The third kappa shape index (κ3) is 6.28. The van der Waals surface area contributed by atoms with Crippen molar-refractivity contribution in [3.8, 4) is 0 Å². The summed E-state index contributed by atoms with van der Waals surface area (Å²) in [5, 5.41) is 4.82. The van der Waals surface area contributed by atoms with Crippen molar-refractivity contribution in [2.75, 3.05) is 26.2 Å². The first-order chi connectivity index (χ1) is 9.45. The predicted octanol–water partition coefficient (Wildman–Crippen LogP) is -1.22. The van der Waals surface area contributed by atoms with Crippen LogP contribution in [-0.4, -0.2) is 55.0 Å². The number of nitrogens with zero attached hydrogens (tertiary/aromatic N) is 1. The normalized spacial score (nSPS) is 20.0. The molecule has 0 aromatic carbocycles. The maximum Gasteiger partial charge on any atom is 0.318 e. The van der Waals surface area contributed by atoms with Crippen LogP contribution in [0.4, 0.5) is 4.79 Å². The van der Waals surface area contributed by atoms with Crippen molar-refractivity contribution < 1.29 is 14.4 Å². The molecule has 0 aliphatic carbocycles. The molecule has 4 amide bonds. The van der Waals surface area contributed by atoms with Gasteiger partial charge in [-0.05, 0) is 26.3 Å². The first-order valence-electron chi connectivity index (χ1n) is 6.77. The molecule has 1 aliphatic heterocycles. The van der Waals surface area contributed by atoms with E-state index in [-0.39, 0.29) is 24.2 Å². The van der Waals surface area contributed by atoms with Crippen LogP contribution in [0.1, 0.15) is 19.8 Å². The lowest BCUT2D eigenvalue weighted by atomic mass is 9.96. The minimum atomic E-state index is -0.865. The lowest BCUT2D eigenvalue weighted by Gasteiger charge is -2.35. The van der Waals surface area contributed by atoms with Crippen molar-refractivity contribution in [3.63, 3.8) is 0 Å². The predicted molar refractivity (Wildman–Crippen MR) is 80.8 cm³/mol. The monoisotopic (exact) mass is 321 g/mol. The van der Waals surface area contributed by atoms with Crippen molar-refractivity contribution >= 4 is 30.3 Å². The molecule has 122 valence electrons. The highest BCUT2D eigenvalue weighted by Crippen LogP contribution is 2.18. The van der Waals surface area contributed by atoms with Crippen LogP contribution in [0.2, 0.25) is 0 Å². The molecule has 2 atom stereocenters. The Morgan fingerprint density at radius 1 is 1.38 bits per heavy atom. The van der Waals surface area contributed by atoms with Gasteiger partial charge in [-0.15, -0.1) is 12.4 Å². The lowest BCUT2D eigenvalue weighted by molar-refractivity contribution is -0.130. The summed E-state index contributed by atoms with van der Waals surface area (Å²) in [5.74, 6) is -0.637. The number of nitrogens with two attached hydrogens (primary N) is 2. The molecular formula is C12H24ClN5O3. The number of likely N-dealkylation sites (tertiary alicyclic amines) is 1. The van der Waals surface area contributed by atoms with Gasteiger partial charge < -0.3 is 16.8 Å². The van der Waals surface area contributed by atoms with Crippen molar-refractivity contribution in [2.24, 2.45) is 17.4 Å². The van der Waals surface area contributed by atoms with Gasteiger partial charge in [-0.1, -0.05) is 0 Å². The highest BCUT2D eigenvalue weighted by molar-refractivity contribution is 5.96. The fraction of sp³-hybridized carbons (Fsp3) is 0.750. The van der Waals surface area contributed by atoms with E-state index in [0.717, 1.165) is 12.8 Å².